The van der Waals surface area contributed by atoms with Crippen molar-refractivity contribution in [2.24, 2.45) is 39.9 Å². The van der Waals surface area contributed by atoms with E-state index in [0.717, 1.165) is 50.5 Å². The van der Waals surface area contributed by atoms with E-state index in [9.17, 15) is 19.8 Å². The van der Waals surface area contributed by atoms with Crippen molar-refractivity contribution in [1.82, 2.24) is 5.48 Å². The molecule has 0 bridgehead atoms. The van der Waals surface area contributed by atoms with Crippen molar-refractivity contribution in [3.05, 3.63) is 22.8 Å². The van der Waals surface area contributed by atoms with Gasteiger partial charge in [-0.25, -0.2) is 10.3 Å². The summed E-state index contributed by atoms with van der Waals surface area (Å²) in [6, 6.07) is 0. The van der Waals surface area contributed by atoms with Crippen LogP contribution in [-0.2, 0) is 23.9 Å². The molecule has 0 aromatic rings. The fraction of sp³-hybridized carbons (Fsp3) is 0.833. The second-order valence-corrected chi connectivity index (χ2v) is 15.7. The molecule has 8 heteroatoms. The quantitative estimate of drug-likeness (QED) is 0.136. The first-order valence-corrected chi connectivity index (χ1v) is 17.2. The minimum atomic E-state index is -0.562. The monoisotopic (exact) mass is 615 g/mol. The largest absolute Gasteiger partial charge is 0.458 e. The van der Waals surface area contributed by atoms with Gasteiger partial charge in [-0.2, -0.15) is 0 Å². The number of fused-ring (bicyclic) bond motifs is 5. The summed E-state index contributed by atoms with van der Waals surface area (Å²) in [6.07, 6.45) is 8.84. The number of aliphatic hydroxyl groups is 2. The molecule has 5 fully saturated rings. The van der Waals surface area contributed by atoms with Crippen LogP contribution in [0.4, 0.5) is 0 Å². The minimum Gasteiger partial charge on any atom is -0.458 e. The molecule has 1 unspecified atom stereocenters. The van der Waals surface area contributed by atoms with Crippen LogP contribution in [0, 0.1) is 39.9 Å². The Bertz CT molecular complexity index is 1160. The Balaban J connectivity index is 1.55. The van der Waals surface area contributed by atoms with Crippen LogP contribution in [0.1, 0.15) is 119 Å². The maximum Gasteiger partial charge on any atom is 0.303 e. The zero-order valence-electron chi connectivity index (χ0n) is 28.1. The van der Waals surface area contributed by atoms with E-state index in [1.165, 1.54) is 12.5 Å². The number of aliphatic hydroxyl groups excluding tert-OH is 2. The summed E-state index contributed by atoms with van der Waals surface area (Å²) >= 11 is 0. The van der Waals surface area contributed by atoms with E-state index in [4.69, 9.17) is 14.3 Å². The van der Waals surface area contributed by atoms with Crippen LogP contribution < -0.4 is 5.48 Å². The van der Waals surface area contributed by atoms with Gasteiger partial charge in [0, 0.05) is 25.5 Å². The molecule has 1 aliphatic heterocycles. The number of esters is 1. The van der Waals surface area contributed by atoms with Crippen LogP contribution in [-0.4, -0.2) is 53.3 Å². The van der Waals surface area contributed by atoms with Crippen molar-refractivity contribution in [1.29, 1.82) is 0 Å². The van der Waals surface area contributed by atoms with Gasteiger partial charge in [-0.1, -0.05) is 39.3 Å². The molecule has 248 valence electrons. The van der Waals surface area contributed by atoms with Gasteiger partial charge in [0.05, 0.1) is 12.2 Å². The molecule has 8 nitrogen and oxygen atoms in total. The molecule has 0 aromatic heterocycles. The van der Waals surface area contributed by atoms with Gasteiger partial charge in [-0.05, 0) is 124 Å². The van der Waals surface area contributed by atoms with Crippen molar-refractivity contribution in [2.45, 2.75) is 144 Å². The van der Waals surface area contributed by atoms with Gasteiger partial charge in [0.25, 0.3) is 5.91 Å². The second-order valence-electron chi connectivity index (χ2n) is 15.7. The molecular formula is C36H57NO7. The first-order chi connectivity index (χ1) is 20.7. The van der Waals surface area contributed by atoms with E-state index < -0.39 is 18.5 Å². The molecule has 0 radical (unpaired) electrons. The van der Waals surface area contributed by atoms with E-state index in [0.29, 0.717) is 43.8 Å². The number of ether oxygens (including phenoxy) is 2. The summed E-state index contributed by atoms with van der Waals surface area (Å²) in [6.45, 7) is 15.4. The normalized spacial score (nSPS) is 44.5. The molecule has 5 rings (SSSR count). The standard InChI is InChI=1S/C36H57NO7/c1-21(2)11-10-12-24(33(41)37-44-30-13-8-9-18-42-30)31-26-19-28(40)32-34(5)16-15-27(39)22(3)25(34)14-17-35(32,6)36(26,7)20-29(31)43-23(4)38/h11,22,25-30,32,39-40H,8-10,12-20H2,1-7H3,(H,37,41)/b31-24-/t22-,25-,26-,27+,28+,29-,30?,32-,34-,35-,36-/m0/s1. The van der Waals surface area contributed by atoms with Crippen molar-refractivity contribution < 1.29 is 34.1 Å². The first kappa shape index (κ1) is 33.6. The Morgan fingerprint density at radius 1 is 1.02 bits per heavy atom. The molecule has 3 N–H and O–H groups in total. The lowest BCUT2D eigenvalue weighted by Gasteiger charge is -2.69. The van der Waals surface area contributed by atoms with Crippen LogP contribution in [0.25, 0.3) is 0 Å². The van der Waals surface area contributed by atoms with E-state index in [1.54, 1.807) is 0 Å². The predicted molar refractivity (Wildman–Crippen MR) is 168 cm³/mol. The lowest BCUT2D eigenvalue weighted by Crippen LogP contribution is -2.65. The summed E-state index contributed by atoms with van der Waals surface area (Å²) < 4.78 is 11.8. The van der Waals surface area contributed by atoms with Gasteiger partial charge in [0.2, 0.25) is 0 Å². The smallest absolute Gasteiger partial charge is 0.303 e. The summed E-state index contributed by atoms with van der Waals surface area (Å²) in [5.74, 6) is -0.194. The van der Waals surface area contributed by atoms with E-state index in [2.05, 4.69) is 39.3 Å². The fourth-order valence-corrected chi connectivity index (χ4v) is 10.8. The van der Waals surface area contributed by atoms with Crippen LogP contribution >= 0.6 is 0 Å². The van der Waals surface area contributed by atoms with E-state index >= 15 is 0 Å². The number of carbonyl (C=O) groups is 2. The topological polar surface area (TPSA) is 114 Å². The van der Waals surface area contributed by atoms with Crippen LogP contribution in [0.5, 0.6) is 0 Å². The molecule has 5 aliphatic rings. The number of hydroxylamine groups is 1. The number of hydrogen-bond donors (Lipinski definition) is 3. The molecule has 11 atom stereocenters. The number of rotatable bonds is 7. The predicted octanol–water partition coefficient (Wildman–Crippen LogP) is 6.16. The average Bonchev–Trinajstić information content (AvgIpc) is 3.23. The molecule has 1 heterocycles. The number of nitrogens with one attached hydrogen (secondary N) is 1. The first-order valence-electron chi connectivity index (χ1n) is 17.2. The molecular weight excluding hydrogens is 558 g/mol. The highest BCUT2D eigenvalue weighted by atomic mass is 16.8. The second kappa shape index (κ2) is 12.8. The van der Waals surface area contributed by atoms with Crippen LogP contribution in [0.3, 0.4) is 0 Å². The van der Waals surface area contributed by atoms with Gasteiger partial charge < -0.3 is 19.7 Å². The Morgan fingerprint density at radius 2 is 1.77 bits per heavy atom. The molecule has 44 heavy (non-hydrogen) atoms. The highest BCUT2D eigenvalue weighted by Gasteiger charge is 2.70. The van der Waals surface area contributed by atoms with Gasteiger partial charge in [0.1, 0.15) is 6.10 Å². The molecule has 4 aliphatic carbocycles. The molecule has 1 amide bonds. The minimum absolute atomic E-state index is 0.0528. The van der Waals surface area contributed by atoms with Gasteiger partial charge >= 0.3 is 5.97 Å². The molecule has 0 spiro atoms. The van der Waals surface area contributed by atoms with E-state index in [1.807, 2.05) is 13.8 Å². The van der Waals surface area contributed by atoms with Crippen molar-refractivity contribution in [3.8, 4) is 0 Å². The average molecular weight is 616 g/mol. The Morgan fingerprint density at radius 3 is 2.43 bits per heavy atom. The Labute approximate surface area is 264 Å². The summed E-state index contributed by atoms with van der Waals surface area (Å²) in [5, 5.41) is 23.0. The maximum atomic E-state index is 14.0. The maximum absolute atomic E-state index is 14.0. The third kappa shape index (κ3) is 5.82. The Kier molecular flexibility index (Phi) is 9.79. The van der Waals surface area contributed by atoms with E-state index in [-0.39, 0.29) is 52.0 Å². The van der Waals surface area contributed by atoms with Crippen LogP contribution in [0.15, 0.2) is 22.8 Å². The number of hydrogen-bond acceptors (Lipinski definition) is 7. The highest BCUT2D eigenvalue weighted by Crippen LogP contribution is 2.74. The zero-order valence-corrected chi connectivity index (χ0v) is 28.1. The number of allylic oxidation sites excluding steroid dienone is 2. The SMILES string of the molecule is CC(=O)O[C@H]1C[C@@]2(C)[C@@H](C[C@@H](O)[C@H]3[C@@]4(C)CC[C@@H](O)[C@@H](C)[C@@H]4CC[C@@]32C)/C1=C(\CCC=C(C)C)C(=O)NOC1CCCCO1. The Hall–Kier alpha value is -1.74. The zero-order chi connectivity index (χ0) is 32.0. The number of carbonyl (C=O) groups excluding carboxylic acids is 2. The molecule has 1 saturated heterocycles. The van der Waals surface area contributed by atoms with Gasteiger partial charge in [0.15, 0.2) is 6.29 Å². The van der Waals surface area contributed by atoms with Crippen LogP contribution in [0.2, 0.25) is 0 Å². The van der Waals surface area contributed by atoms with Crippen molar-refractivity contribution >= 4 is 11.9 Å². The van der Waals surface area contributed by atoms with Gasteiger partial charge in [-0.3, -0.25) is 9.59 Å². The summed E-state index contributed by atoms with van der Waals surface area (Å²) in [4.78, 5) is 32.3. The summed E-state index contributed by atoms with van der Waals surface area (Å²) in [7, 11) is 0. The lowest BCUT2D eigenvalue weighted by atomic mass is 9.36. The lowest BCUT2D eigenvalue weighted by molar-refractivity contribution is -0.234. The highest BCUT2D eigenvalue weighted by molar-refractivity contribution is 5.94. The third-order valence-electron chi connectivity index (χ3n) is 13.0. The molecule has 0 aromatic carbocycles. The van der Waals surface area contributed by atoms with Crippen molar-refractivity contribution in [3.63, 3.8) is 0 Å². The fourth-order valence-electron chi connectivity index (χ4n) is 10.8. The third-order valence-corrected chi connectivity index (χ3v) is 13.0. The molecule has 4 saturated carbocycles. The van der Waals surface area contributed by atoms with Crippen molar-refractivity contribution in [2.75, 3.05) is 6.61 Å². The number of amides is 1. The summed E-state index contributed by atoms with van der Waals surface area (Å²) in [5.41, 5.74) is 4.71. The van der Waals surface area contributed by atoms with Gasteiger partial charge in [-0.15, -0.1) is 0 Å².